The van der Waals surface area contributed by atoms with Crippen LogP contribution in [0.1, 0.15) is 22.3 Å². The first-order valence-corrected chi connectivity index (χ1v) is 22.0. The molecule has 2 heterocycles. The number of thiophene rings is 1. The minimum atomic E-state index is -0.470. The molecule has 1 aliphatic carbocycles. The molecule has 0 spiro atoms. The zero-order chi connectivity index (χ0) is 41.0. The van der Waals surface area contributed by atoms with Gasteiger partial charge in [-0.25, -0.2) is 9.97 Å². The second kappa shape index (κ2) is 14.8. The maximum Gasteiger partial charge on any atom is 0.160 e. The van der Waals surface area contributed by atoms with Crippen molar-refractivity contribution in [2.24, 2.45) is 0 Å². The SMILES string of the molecule is c1ccc(-c2nc(-c3cccc(-c4cccc5c4-c4ccccc4C5(c4ccccc4)c4ccccc4)c3)cc(-c3ccccc3-c3cccc4c3sc3ccccc34)n2)cc1. The van der Waals surface area contributed by atoms with Crippen LogP contribution in [0.25, 0.3) is 87.5 Å². The van der Waals surface area contributed by atoms with E-state index < -0.39 is 5.41 Å². The van der Waals surface area contributed by atoms with E-state index in [2.05, 4.69) is 224 Å². The van der Waals surface area contributed by atoms with Crippen LogP contribution in [-0.4, -0.2) is 9.97 Å². The molecular weight excluding hydrogens is 769 g/mol. The largest absolute Gasteiger partial charge is 0.228 e. The van der Waals surface area contributed by atoms with E-state index in [1.807, 2.05) is 17.4 Å². The first-order valence-electron chi connectivity index (χ1n) is 21.2. The minimum Gasteiger partial charge on any atom is -0.228 e. The van der Waals surface area contributed by atoms with E-state index in [9.17, 15) is 0 Å². The Morgan fingerprint density at radius 1 is 0.339 bits per heavy atom. The summed E-state index contributed by atoms with van der Waals surface area (Å²) in [6.45, 7) is 0. The molecule has 62 heavy (non-hydrogen) atoms. The van der Waals surface area contributed by atoms with Crippen LogP contribution in [0, 0.1) is 0 Å². The smallest absolute Gasteiger partial charge is 0.160 e. The molecule has 0 radical (unpaired) electrons. The molecule has 290 valence electrons. The average Bonchev–Trinajstić information content (AvgIpc) is 3.89. The Hall–Kier alpha value is -7.72. The maximum absolute atomic E-state index is 5.33. The number of aromatic nitrogens is 2. The van der Waals surface area contributed by atoms with Gasteiger partial charge in [-0.2, -0.15) is 0 Å². The van der Waals surface area contributed by atoms with Crippen molar-refractivity contribution in [2.45, 2.75) is 5.41 Å². The Morgan fingerprint density at radius 3 is 1.66 bits per heavy atom. The number of rotatable bonds is 7. The van der Waals surface area contributed by atoms with Gasteiger partial charge in [-0.15, -0.1) is 11.3 Å². The van der Waals surface area contributed by atoms with Gasteiger partial charge >= 0.3 is 0 Å². The van der Waals surface area contributed by atoms with Gasteiger partial charge in [0.05, 0.1) is 16.8 Å². The summed E-state index contributed by atoms with van der Waals surface area (Å²) in [6.07, 6.45) is 0. The highest BCUT2D eigenvalue weighted by Crippen LogP contribution is 2.58. The topological polar surface area (TPSA) is 25.8 Å². The number of fused-ring (bicyclic) bond motifs is 6. The summed E-state index contributed by atoms with van der Waals surface area (Å²) >= 11 is 1.86. The van der Waals surface area contributed by atoms with Crippen LogP contribution in [0.2, 0.25) is 0 Å². The van der Waals surface area contributed by atoms with Crippen LogP contribution >= 0.6 is 11.3 Å². The van der Waals surface area contributed by atoms with Crippen molar-refractivity contribution in [3.8, 4) is 67.3 Å². The third-order valence-corrected chi connectivity index (χ3v) is 13.8. The van der Waals surface area contributed by atoms with Crippen LogP contribution in [-0.2, 0) is 5.41 Å². The summed E-state index contributed by atoms with van der Waals surface area (Å²) in [5, 5.41) is 2.57. The molecule has 1 aliphatic rings. The van der Waals surface area contributed by atoms with E-state index in [4.69, 9.17) is 9.97 Å². The van der Waals surface area contributed by atoms with Gasteiger partial charge in [-0.1, -0.05) is 212 Å². The normalized spacial score (nSPS) is 12.6. The molecule has 2 nitrogen and oxygen atoms in total. The van der Waals surface area contributed by atoms with E-state index in [0.717, 1.165) is 39.2 Å². The van der Waals surface area contributed by atoms with E-state index in [0.29, 0.717) is 5.82 Å². The number of hydrogen-bond acceptors (Lipinski definition) is 3. The summed E-state index contributed by atoms with van der Waals surface area (Å²) in [5.41, 5.74) is 16.7. The number of benzene rings is 9. The zero-order valence-electron chi connectivity index (χ0n) is 33.7. The van der Waals surface area contributed by atoms with Gasteiger partial charge in [-0.05, 0) is 68.3 Å². The Bertz CT molecular complexity index is 3420. The molecule has 0 saturated carbocycles. The van der Waals surface area contributed by atoms with Crippen molar-refractivity contribution >= 4 is 31.5 Å². The van der Waals surface area contributed by atoms with Crippen molar-refractivity contribution in [1.29, 1.82) is 0 Å². The molecule has 0 atom stereocenters. The number of nitrogens with zero attached hydrogens (tertiary/aromatic N) is 2. The van der Waals surface area contributed by atoms with E-state index >= 15 is 0 Å². The quantitative estimate of drug-likeness (QED) is 0.160. The second-order valence-corrected chi connectivity index (χ2v) is 17.0. The lowest BCUT2D eigenvalue weighted by Gasteiger charge is -2.34. The summed E-state index contributed by atoms with van der Waals surface area (Å²) in [6, 6.07) is 83.3. The molecule has 11 aromatic rings. The first kappa shape index (κ1) is 36.2. The minimum absolute atomic E-state index is 0.470. The molecule has 0 amide bonds. The van der Waals surface area contributed by atoms with E-state index in [1.165, 1.54) is 64.7 Å². The van der Waals surface area contributed by atoms with Crippen molar-refractivity contribution in [2.75, 3.05) is 0 Å². The van der Waals surface area contributed by atoms with Gasteiger partial charge in [-0.3, -0.25) is 0 Å². The third kappa shape index (κ3) is 5.70. The molecule has 2 aromatic heterocycles. The van der Waals surface area contributed by atoms with Crippen molar-refractivity contribution in [3.05, 3.63) is 253 Å². The van der Waals surface area contributed by atoms with Crippen LogP contribution in [0.5, 0.6) is 0 Å². The maximum atomic E-state index is 5.33. The molecule has 0 N–H and O–H groups in total. The molecule has 9 aromatic carbocycles. The Kier molecular flexibility index (Phi) is 8.62. The molecule has 0 unspecified atom stereocenters. The van der Waals surface area contributed by atoms with Gasteiger partial charge in [0, 0.05) is 42.4 Å². The highest BCUT2D eigenvalue weighted by atomic mass is 32.1. The summed E-state index contributed by atoms with van der Waals surface area (Å²) in [4.78, 5) is 10.6. The lowest BCUT2D eigenvalue weighted by Crippen LogP contribution is -2.28. The highest BCUT2D eigenvalue weighted by Gasteiger charge is 2.46. The van der Waals surface area contributed by atoms with Gasteiger partial charge in [0.25, 0.3) is 0 Å². The Morgan fingerprint density at radius 2 is 0.871 bits per heavy atom. The van der Waals surface area contributed by atoms with Crippen molar-refractivity contribution in [3.63, 3.8) is 0 Å². The van der Waals surface area contributed by atoms with Gasteiger partial charge in [0.15, 0.2) is 5.82 Å². The molecule has 12 rings (SSSR count). The highest BCUT2D eigenvalue weighted by molar-refractivity contribution is 7.26. The first-order chi connectivity index (χ1) is 30.8. The zero-order valence-corrected chi connectivity index (χ0v) is 34.6. The van der Waals surface area contributed by atoms with Gasteiger partial charge in [0.1, 0.15) is 0 Å². The predicted octanol–water partition coefficient (Wildman–Crippen LogP) is 15.5. The molecule has 0 saturated heterocycles. The fourth-order valence-electron chi connectivity index (χ4n) is 9.93. The average molecular weight is 807 g/mol. The fraction of sp³-hybridized carbons (Fsp3) is 0.0169. The molecule has 3 heteroatoms. The summed E-state index contributed by atoms with van der Waals surface area (Å²) < 4.78 is 2.58. The van der Waals surface area contributed by atoms with Gasteiger partial charge < -0.3 is 0 Å². The summed E-state index contributed by atoms with van der Waals surface area (Å²) in [7, 11) is 0. The monoisotopic (exact) mass is 806 g/mol. The van der Waals surface area contributed by atoms with Crippen molar-refractivity contribution in [1.82, 2.24) is 9.97 Å². The van der Waals surface area contributed by atoms with Crippen LogP contribution in [0.15, 0.2) is 231 Å². The van der Waals surface area contributed by atoms with Crippen LogP contribution < -0.4 is 0 Å². The van der Waals surface area contributed by atoms with Gasteiger partial charge in [0.2, 0.25) is 0 Å². The second-order valence-electron chi connectivity index (χ2n) is 16.0. The molecule has 0 fully saturated rings. The van der Waals surface area contributed by atoms with E-state index in [-0.39, 0.29) is 0 Å². The van der Waals surface area contributed by atoms with E-state index in [1.54, 1.807) is 0 Å². The lowest BCUT2D eigenvalue weighted by molar-refractivity contribution is 0.768. The predicted molar refractivity (Wildman–Crippen MR) is 259 cm³/mol. The lowest BCUT2D eigenvalue weighted by atomic mass is 9.67. The standard InChI is InChI=1S/C59H38N2S/c1-4-19-39(20-5-1)58-60-53(38-54(61-58)46-28-11-10-27-45(46)48-32-17-33-49-47-29-13-15-36-55(47)62-57(48)49)41-22-16-21-40(37-41)44-31-18-35-52-56(44)50-30-12-14-34-51(50)59(52,42-23-6-2-7-24-42)43-25-8-3-9-26-43/h1-38H. The summed E-state index contributed by atoms with van der Waals surface area (Å²) in [5.74, 6) is 0.698. The van der Waals surface area contributed by atoms with Crippen LogP contribution in [0.4, 0.5) is 0 Å². The van der Waals surface area contributed by atoms with Crippen LogP contribution in [0.3, 0.4) is 0 Å². The molecule has 0 bridgehead atoms. The Labute approximate surface area is 365 Å². The Balaban J connectivity index is 1.04. The number of hydrogen-bond donors (Lipinski definition) is 0. The molecule has 0 aliphatic heterocycles. The van der Waals surface area contributed by atoms with Crippen molar-refractivity contribution < 1.29 is 0 Å². The molecular formula is C59H38N2S. The fourth-order valence-corrected chi connectivity index (χ4v) is 11.2. The third-order valence-electron chi connectivity index (χ3n) is 12.6.